The standard InChI is InChI=1S/C14H12F3N3O4/c1-20-6-9(11(19-20)14(15,16)17)12(21)18-10-5-7(24-2)3-4-8(10)13(22)23/h3-6H,1-2H3,(H,18,21)(H,22,23). The largest absolute Gasteiger partial charge is 0.497 e. The first-order valence-corrected chi connectivity index (χ1v) is 6.47. The monoisotopic (exact) mass is 343 g/mol. The van der Waals surface area contributed by atoms with Gasteiger partial charge in [-0.2, -0.15) is 18.3 Å². The Balaban J connectivity index is 2.42. The van der Waals surface area contributed by atoms with Crippen LogP contribution in [-0.2, 0) is 13.2 Å². The lowest BCUT2D eigenvalue weighted by molar-refractivity contribution is -0.141. The molecule has 1 heterocycles. The first-order chi connectivity index (χ1) is 11.1. The van der Waals surface area contributed by atoms with Gasteiger partial charge in [0.15, 0.2) is 5.69 Å². The number of nitrogens with zero attached hydrogens (tertiary/aromatic N) is 2. The molecule has 1 amide bonds. The van der Waals surface area contributed by atoms with E-state index in [0.717, 1.165) is 10.9 Å². The second-order valence-corrected chi connectivity index (χ2v) is 4.73. The molecule has 0 saturated heterocycles. The number of hydrogen-bond donors (Lipinski definition) is 2. The summed E-state index contributed by atoms with van der Waals surface area (Å²) in [6, 6.07) is 3.72. The molecule has 0 spiro atoms. The zero-order valence-electron chi connectivity index (χ0n) is 12.5. The van der Waals surface area contributed by atoms with Crippen LogP contribution in [0.25, 0.3) is 0 Å². The van der Waals surface area contributed by atoms with Gasteiger partial charge in [-0.1, -0.05) is 0 Å². The number of rotatable bonds is 4. The first-order valence-electron chi connectivity index (χ1n) is 6.47. The van der Waals surface area contributed by atoms with Crippen molar-refractivity contribution in [3.63, 3.8) is 0 Å². The molecule has 0 aliphatic heterocycles. The molecule has 0 fully saturated rings. The van der Waals surface area contributed by atoms with Gasteiger partial charge in [0.1, 0.15) is 5.75 Å². The SMILES string of the molecule is COc1ccc(C(=O)O)c(NC(=O)c2cn(C)nc2C(F)(F)F)c1. The molecule has 7 nitrogen and oxygen atoms in total. The van der Waals surface area contributed by atoms with E-state index in [9.17, 15) is 22.8 Å². The maximum absolute atomic E-state index is 12.9. The lowest BCUT2D eigenvalue weighted by atomic mass is 10.1. The maximum Gasteiger partial charge on any atom is 0.435 e. The van der Waals surface area contributed by atoms with Crippen molar-refractivity contribution >= 4 is 17.6 Å². The Morgan fingerprint density at radius 2 is 1.96 bits per heavy atom. The molecule has 0 atom stereocenters. The fourth-order valence-electron chi connectivity index (χ4n) is 1.99. The third-order valence-corrected chi connectivity index (χ3v) is 3.05. The number of nitrogens with one attached hydrogen (secondary N) is 1. The highest BCUT2D eigenvalue weighted by molar-refractivity contribution is 6.08. The average Bonchev–Trinajstić information content (AvgIpc) is 2.89. The quantitative estimate of drug-likeness (QED) is 0.889. The van der Waals surface area contributed by atoms with Gasteiger partial charge in [0.05, 0.1) is 23.9 Å². The van der Waals surface area contributed by atoms with Crippen LogP contribution in [0.3, 0.4) is 0 Å². The van der Waals surface area contributed by atoms with Gasteiger partial charge in [-0.25, -0.2) is 4.79 Å². The molecule has 0 saturated carbocycles. The fraction of sp³-hybridized carbons (Fsp3) is 0.214. The smallest absolute Gasteiger partial charge is 0.435 e. The van der Waals surface area contributed by atoms with E-state index in [2.05, 4.69) is 10.4 Å². The summed E-state index contributed by atoms with van der Waals surface area (Å²) in [6.45, 7) is 0. The summed E-state index contributed by atoms with van der Waals surface area (Å²) in [5, 5.41) is 14.5. The van der Waals surface area contributed by atoms with Crippen molar-refractivity contribution in [2.75, 3.05) is 12.4 Å². The van der Waals surface area contributed by atoms with E-state index >= 15 is 0 Å². The van der Waals surface area contributed by atoms with Gasteiger partial charge in [0, 0.05) is 19.3 Å². The van der Waals surface area contributed by atoms with Crippen LogP contribution >= 0.6 is 0 Å². The number of alkyl halides is 3. The summed E-state index contributed by atoms with van der Waals surface area (Å²) in [4.78, 5) is 23.4. The Hall–Kier alpha value is -3.04. The molecule has 0 aliphatic rings. The van der Waals surface area contributed by atoms with Crippen molar-refractivity contribution in [2.45, 2.75) is 6.18 Å². The Morgan fingerprint density at radius 1 is 1.29 bits per heavy atom. The summed E-state index contributed by atoms with van der Waals surface area (Å²) >= 11 is 0. The second-order valence-electron chi connectivity index (χ2n) is 4.73. The second kappa shape index (κ2) is 6.22. The number of aryl methyl sites for hydroxylation is 1. The molecule has 24 heavy (non-hydrogen) atoms. The summed E-state index contributed by atoms with van der Waals surface area (Å²) in [5.74, 6) is -2.25. The van der Waals surface area contributed by atoms with Gasteiger partial charge < -0.3 is 15.2 Å². The average molecular weight is 343 g/mol. The van der Waals surface area contributed by atoms with E-state index in [1.54, 1.807) is 0 Å². The number of carbonyl (C=O) groups is 2. The summed E-state index contributed by atoms with van der Waals surface area (Å²) < 4.78 is 44.5. The minimum atomic E-state index is -4.82. The summed E-state index contributed by atoms with van der Waals surface area (Å²) in [5.41, 5.74) is -2.56. The van der Waals surface area contributed by atoms with E-state index in [4.69, 9.17) is 9.84 Å². The van der Waals surface area contributed by atoms with E-state index in [1.807, 2.05) is 0 Å². The number of carboxylic acid groups (broad SMARTS) is 1. The molecule has 0 radical (unpaired) electrons. The normalized spacial score (nSPS) is 11.2. The van der Waals surface area contributed by atoms with Crippen LogP contribution in [0.15, 0.2) is 24.4 Å². The fourth-order valence-corrected chi connectivity index (χ4v) is 1.99. The minimum absolute atomic E-state index is 0.191. The number of ether oxygens (including phenoxy) is 1. The third-order valence-electron chi connectivity index (χ3n) is 3.05. The zero-order chi connectivity index (χ0) is 18.1. The highest BCUT2D eigenvalue weighted by Gasteiger charge is 2.39. The van der Waals surface area contributed by atoms with Crippen LogP contribution < -0.4 is 10.1 Å². The lowest BCUT2D eigenvalue weighted by Crippen LogP contribution is -2.19. The summed E-state index contributed by atoms with van der Waals surface area (Å²) in [7, 11) is 2.56. The molecule has 0 unspecified atom stereocenters. The Kier molecular flexibility index (Phi) is 4.49. The molecule has 2 N–H and O–H groups in total. The molecule has 0 bridgehead atoms. The Labute approximate surface area is 133 Å². The van der Waals surface area contributed by atoms with Crippen LogP contribution in [0.1, 0.15) is 26.4 Å². The lowest BCUT2D eigenvalue weighted by Gasteiger charge is -2.11. The number of aromatic nitrogens is 2. The number of anilines is 1. The van der Waals surface area contributed by atoms with E-state index in [1.165, 1.54) is 32.4 Å². The number of aromatic carboxylic acids is 1. The van der Waals surface area contributed by atoms with Crippen LogP contribution in [0.2, 0.25) is 0 Å². The first kappa shape index (κ1) is 17.3. The molecule has 2 aromatic rings. The Morgan fingerprint density at radius 3 is 2.50 bits per heavy atom. The molecule has 128 valence electrons. The van der Waals surface area contributed by atoms with Crippen molar-refractivity contribution < 1.29 is 32.6 Å². The van der Waals surface area contributed by atoms with Crippen molar-refractivity contribution in [3.8, 4) is 5.75 Å². The van der Waals surface area contributed by atoms with Crippen molar-refractivity contribution in [1.29, 1.82) is 0 Å². The molecular weight excluding hydrogens is 331 g/mol. The van der Waals surface area contributed by atoms with Crippen molar-refractivity contribution in [3.05, 3.63) is 41.2 Å². The van der Waals surface area contributed by atoms with Gasteiger partial charge >= 0.3 is 12.1 Å². The number of halogens is 3. The molecule has 2 rings (SSSR count). The minimum Gasteiger partial charge on any atom is -0.497 e. The highest BCUT2D eigenvalue weighted by Crippen LogP contribution is 2.31. The van der Waals surface area contributed by atoms with Crippen LogP contribution in [-0.4, -0.2) is 33.9 Å². The number of methoxy groups -OCH3 is 1. The van der Waals surface area contributed by atoms with Gasteiger partial charge in [-0.15, -0.1) is 0 Å². The zero-order valence-corrected chi connectivity index (χ0v) is 12.5. The van der Waals surface area contributed by atoms with Gasteiger partial charge in [0.2, 0.25) is 0 Å². The third kappa shape index (κ3) is 3.47. The van der Waals surface area contributed by atoms with E-state index < -0.39 is 29.3 Å². The predicted molar refractivity (Wildman–Crippen MR) is 76.1 cm³/mol. The highest BCUT2D eigenvalue weighted by atomic mass is 19.4. The van der Waals surface area contributed by atoms with E-state index in [0.29, 0.717) is 0 Å². The molecule has 10 heteroatoms. The number of hydrogen-bond acceptors (Lipinski definition) is 4. The van der Waals surface area contributed by atoms with Gasteiger partial charge in [-0.3, -0.25) is 9.48 Å². The maximum atomic E-state index is 12.9. The number of benzene rings is 1. The van der Waals surface area contributed by atoms with E-state index in [-0.39, 0.29) is 17.0 Å². The van der Waals surface area contributed by atoms with Crippen molar-refractivity contribution in [1.82, 2.24) is 9.78 Å². The molecule has 1 aromatic heterocycles. The summed E-state index contributed by atoms with van der Waals surface area (Å²) in [6.07, 6.45) is -3.92. The molecule has 1 aromatic carbocycles. The van der Waals surface area contributed by atoms with Crippen LogP contribution in [0.4, 0.5) is 18.9 Å². The predicted octanol–water partition coefficient (Wildman–Crippen LogP) is 2.40. The van der Waals surface area contributed by atoms with Gasteiger partial charge in [0.25, 0.3) is 5.91 Å². The Bertz CT molecular complexity index is 799. The number of amides is 1. The van der Waals surface area contributed by atoms with Crippen molar-refractivity contribution in [2.24, 2.45) is 7.05 Å². The molecule has 0 aliphatic carbocycles. The number of carboxylic acids is 1. The van der Waals surface area contributed by atoms with Crippen LogP contribution in [0, 0.1) is 0 Å². The molecular formula is C14H12F3N3O4. The number of carbonyl (C=O) groups excluding carboxylic acids is 1. The topological polar surface area (TPSA) is 93.5 Å². The van der Waals surface area contributed by atoms with Crippen LogP contribution in [0.5, 0.6) is 5.75 Å². The van der Waals surface area contributed by atoms with Gasteiger partial charge in [-0.05, 0) is 12.1 Å².